The van der Waals surface area contributed by atoms with Crippen LogP contribution in [-0.2, 0) is 19.0 Å². The van der Waals surface area contributed by atoms with Gasteiger partial charge in [-0.2, -0.15) is 5.26 Å². The summed E-state index contributed by atoms with van der Waals surface area (Å²) in [6.45, 7) is 1.45. The number of carbonyl (C=O) groups excluding carboxylic acids is 2. The number of amides is 2. The number of nitrogens with zero attached hydrogens (tertiary/aromatic N) is 2. The summed E-state index contributed by atoms with van der Waals surface area (Å²) < 4.78 is 16.5. The maximum absolute atomic E-state index is 12.6. The van der Waals surface area contributed by atoms with Crippen molar-refractivity contribution in [1.29, 1.82) is 5.26 Å². The van der Waals surface area contributed by atoms with Gasteiger partial charge in [0.25, 0.3) is 0 Å². The van der Waals surface area contributed by atoms with Crippen LogP contribution in [0.2, 0.25) is 0 Å². The van der Waals surface area contributed by atoms with Gasteiger partial charge in [-0.3, -0.25) is 9.69 Å². The quantitative estimate of drug-likeness (QED) is 0.586. The molecule has 4 rings (SSSR count). The number of ether oxygens (including phenoxy) is 3. The third-order valence-corrected chi connectivity index (χ3v) is 6.16. The van der Waals surface area contributed by atoms with Crippen molar-refractivity contribution in [2.75, 3.05) is 32.1 Å². The number of nitriles is 1. The first kappa shape index (κ1) is 21.5. The molecule has 5 atom stereocenters. The van der Waals surface area contributed by atoms with Crippen LogP contribution in [-0.4, -0.2) is 79.4 Å². The largest absolute Gasteiger partial charge is 0.469 e. The first-order valence-corrected chi connectivity index (χ1v) is 10.3. The maximum Gasteiger partial charge on any atom is 0.319 e. The van der Waals surface area contributed by atoms with Crippen LogP contribution in [0.1, 0.15) is 18.4 Å². The summed E-state index contributed by atoms with van der Waals surface area (Å²) in [4.78, 5) is 26.4. The zero-order valence-corrected chi connectivity index (χ0v) is 17.2. The summed E-state index contributed by atoms with van der Waals surface area (Å²) in [7, 11) is 1.39. The molecule has 1 aromatic rings. The second-order valence-corrected chi connectivity index (χ2v) is 8.01. The Bertz CT molecular complexity index is 866. The second kappa shape index (κ2) is 9.20. The zero-order chi connectivity index (χ0) is 22.0. The molecule has 3 heterocycles. The lowest BCUT2D eigenvalue weighted by Crippen LogP contribution is -2.66. The summed E-state index contributed by atoms with van der Waals surface area (Å²) in [5.41, 5.74) is 0.908. The Kier molecular flexibility index (Phi) is 6.38. The lowest BCUT2D eigenvalue weighted by atomic mass is 9.91. The Morgan fingerprint density at radius 3 is 2.81 bits per heavy atom. The van der Waals surface area contributed by atoms with Gasteiger partial charge in [0.1, 0.15) is 6.10 Å². The number of hydrogen-bond donors (Lipinski definition) is 3. The number of urea groups is 1. The third-order valence-electron chi connectivity index (χ3n) is 6.16. The lowest BCUT2D eigenvalue weighted by molar-refractivity contribution is -0.185. The van der Waals surface area contributed by atoms with E-state index in [0.29, 0.717) is 37.2 Å². The van der Waals surface area contributed by atoms with Crippen LogP contribution in [0.25, 0.3) is 0 Å². The number of methoxy groups -OCH3 is 1. The molecular formula is C21H26N4O6. The Morgan fingerprint density at radius 1 is 1.32 bits per heavy atom. The van der Waals surface area contributed by atoms with Gasteiger partial charge in [0, 0.05) is 5.69 Å². The highest BCUT2D eigenvalue weighted by molar-refractivity contribution is 5.89. The van der Waals surface area contributed by atoms with Crippen molar-refractivity contribution < 1.29 is 28.9 Å². The highest BCUT2D eigenvalue weighted by Crippen LogP contribution is 2.33. The predicted octanol–water partition coefficient (Wildman–Crippen LogP) is 0.418. The Hall–Kier alpha value is -2.71. The number of rotatable bonds is 4. The molecule has 0 aliphatic carbocycles. The number of esters is 1. The molecule has 3 aliphatic rings. The van der Waals surface area contributed by atoms with Gasteiger partial charge >= 0.3 is 12.0 Å². The Morgan fingerprint density at radius 2 is 2.10 bits per heavy atom. The molecule has 166 valence electrons. The van der Waals surface area contributed by atoms with Gasteiger partial charge in [0.15, 0.2) is 6.29 Å². The number of benzene rings is 1. The van der Waals surface area contributed by atoms with E-state index in [1.54, 1.807) is 24.3 Å². The van der Waals surface area contributed by atoms with E-state index in [2.05, 4.69) is 15.5 Å². The first-order chi connectivity index (χ1) is 15.0. The maximum atomic E-state index is 12.6. The fourth-order valence-corrected chi connectivity index (χ4v) is 4.55. The number of anilines is 1. The van der Waals surface area contributed by atoms with Crippen molar-refractivity contribution in [2.45, 2.75) is 43.4 Å². The fourth-order valence-electron chi connectivity index (χ4n) is 4.55. The zero-order valence-electron chi connectivity index (χ0n) is 17.2. The lowest BCUT2D eigenvalue weighted by Gasteiger charge is -2.45. The summed E-state index contributed by atoms with van der Waals surface area (Å²) in [5.74, 6) is -0.363. The molecule has 5 unspecified atom stereocenters. The van der Waals surface area contributed by atoms with Crippen LogP contribution in [0.5, 0.6) is 0 Å². The summed E-state index contributed by atoms with van der Waals surface area (Å²) in [6.07, 6.45) is -0.694. The number of aliphatic hydroxyl groups is 1. The van der Waals surface area contributed by atoms with Crippen LogP contribution in [0.15, 0.2) is 24.3 Å². The van der Waals surface area contributed by atoms with E-state index in [4.69, 9.17) is 19.5 Å². The van der Waals surface area contributed by atoms with E-state index >= 15 is 0 Å². The van der Waals surface area contributed by atoms with E-state index in [0.717, 1.165) is 0 Å². The molecule has 3 aliphatic heterocycles. The van der Waals surface area contributed by atoms with Crippen molar-refractivity contribution in [3.05, 3.63) is 29.8 Å². The average Bonchev–Trinajstić information content (AvgIpc) is 3.22. The number of fused-ring (bicyclic) bond motifs is 2. The molecule has 10 heteroatoms. The molecule has 0 aromatic heterocycles. The molecule has 3 saturated heterocycles. The predicted molar refractivity (Wildman–Crippen MR) is 108 cm³/mol. The molecule has 3 fully saturated rings. The number of aliphatic hydroxyl groups excluding tert-OH is 1. The van der Waals surface area contributed by atoms with E-state index < -0.39 is 36.6 Å². The van der Waals surface area contributed by atoms with E-state index in [1.165, 1.54) is 7.11 Å². The van der Waals surface area contributed by atoms with Crippen LogP contribution < -0.4 is 10.6 Å². The number of carbonyl (C=O) groups is 2. The van der Waals surface area contributed by atoms with Crippen LogP contribution in [0.3, 0.4) is 0 Å². The van der Waals surface area contributed by atoms with E-state index in [9.17, 15) is 14.7 Å². The smallest absolute Gasteiger partial charge is 0.319 e. The molecule has 0 saturated carbocycles. The van der Waals surface area contributed by atoms with Gasteiger partial charge < -0.3 is 30.0 Å². The number of piperidine rings is 1. The Balaban J connectivity index is 1.40. The second-order valence-electron chi connectivity index (χ2n) is 8.01. The Labute approximate surface area is 180 Å². The molecular weight excluding hydrogens is 404 g/mol. The van der Waals surface area contributed by atoms with Gasteiger partial charge in [-0.1, -0.05) is 6.07 Å². The molecule has 0 spiro atoms. The van der Waals surface area contributed by atoms with Gasteiger partial charge in [0.05, 0.1) is 49.5 Å². The van der Waals surface area contributed by atoms with Crippen molar-refractivity contribution in [1.82, 2.24) is 10.2 Å². The minimum absolute atomic E-state index is 0.149. The van der Waals surface area contributed by atoms with Crippen LogP contribution >= 0.6 is 0 Å². The molecule has 3 N–H and O–H groups in total. The highest BCUT2D eigenvalue weighted by Gasteiger charge is 2.53. The summed E-state index contributed by atoms with van der Waals surface area (Å²) >= 11 is 0. The fraction of sp³-hybridized carbons (Fsp3) is 0.571. The molecule has 31 heavy (non-hydrogen) atoms. The first-order valence-electron chi connectivity index (χ1n) is 10.3. The molecule has 10 nitrogen and oxygen atoms in total. The number of hydrogen-bond acceptors (Lipinski definition) is 8. The monoisotopic (exact) mass is 430 g/mol. The highest BCUT2D eigenvalue weighted by atomic mass is 16.7. The van der Waals surface area contributed by atoms with E-state index in [1.807, 2.05) is 6.07 Å². The van der Waals surface area contributed by atoms with Crippen molar-refractivity contribution >= 4 is 17.7 Å². The van der Waals surface area contributed by atoms with Gasteiger partial charge in [0.2, 0.25) is 0 Å². The topological polar surface area (TPSA) is 133 Å². The third kappa shape index (κ3) is 4.50. The minimum Gasteiger partial charge on any atom is -0.469 e. The molecule has 1 aromatic carbocycles. The minimum atomic E-state index is -0.905. The van der Waals surface area contributed by atoms with Gasteiger partial charge in [-0.15, -0.1) is 0 Å². The SMILES string of the molecule is COC(=O)C1CCN(C2C3OCC(O3)C(NC(=O)Nc3cccc(C#N)c3)C2O)CC1. The van der Waals surface area contributed by atoms with E-state index in [-0.39, 0.29) is 18.5 Å². The van der Waals surface area contributed by atoms with Crippen LogP contribution in [0, 0.1) is 17.2 Å². The van der Waals surface area contributed by atoms with Gasteiger partial charge in [-0.05, 0) is 44.1 Å². The average molecular weight is 430 g/mol. The summed E-state index contributed by atoms with van der Waals surface area (Å²) in [6, 6.07) is 6.97. The molecule has 2 amide bonds. The normalized spacial score (nSPS) is 30.9. The molecule has 2 bridgehead atoms. The number of likely N-dealkylation sites (tertiary alicyclic amines) is 1. The molecule has 0 radical (unpaired) electrons. The standard InChI is InChI=1S/C21H26N4O6/c1-29-19(27)13-5-7-25(8-6-13)17-18(26)16(15-11-30-20(17)31-15)24-21(28)23-14-4-2-3-12(9-14)10-22/h2-4,9,13,15-18,20,26H,5-8,11H2,1H3,(H2,23,24,28). The van der Waals surface area contributed by atoms with Crippen molar-refractivity contribution in [3.8, 4) is 6.07 Å². The van der Waals surface area contributed by atoms with Gasteiger partial charge in [-0.25, -0.2) is 4.79 Å². The van der Waals surface area contributed by atoms with Crippen molar-refractivity contribution in [3.63, 3.8) is 0 Å². The van der Waals surface area contributed by atoms with Crippen LogP contribution in [0.4, 0.5) is 10.5 Å². The number of nitrogens with one attached hydrogen (secondary N) is 2. The van der Waals surface area contributed by atoms with Crippen molar-refractivity contribution in [2.24, 2.45) is 5.92 Å². The summed E-state index contributed by atoms with van der Waals surface area (Å²) in [5, 5.41) is 25.6.